The first-order valence-electron chi connectivity index (χ1n) is 8.59. The van der Waals surface area contributed by atoms with Gasteiger partial charge in [0.2, 0.25) is 5.91 Å². The first kappa shape index (κ1) is 18.3. The van der Waals surface area contributed by atoms with Crippen LogP contribution in [0.3, 0.4) is 0 Å². The van der Waals surface area contributed by atoms with Crippen LogP contribution in [0.2, 0.25) is 0 Å². The average Bonchev–Trinajstić information content (AvgIpc) is 3.06. The van der Waals surface area contributed by atoms with Crippen LogP contribution in [0, 0.1) is 5.92 Å². The number of amides is 3. The summed E-state index contributed by atoms with van der Waals surface area (Å²) in [4.78, 5) is 25.9. The van der Waals surface area contributed by atoms with Gasteiger partial charge in [0.05, 0.1) is 6.54 Å². The Morgan fingerprint density at radius 3 is 2.62 bits per heavy atom. The highest BCUT2D eigenvalue weighted by molar-refractivity contribution is 5.84. The topological polar surface area (TPSA) is 81.7 Å². The third-order valence-corrected chi connectivity index (χ3v) is 4.49. The molecule has 0 radical (unpaired) electrons. The molecule has 24 heavy (non-hydrogen) atoms. The zero-order chi connectivity index (χ0) is 17.4. The molecule has 6 nitrogen and oxygen atoms in total. The summed E-state index contributed by atoms with van der Waals surface area (Å²) < 4.78 is 0. The Hall–Kier alpha value is -2.08. The van der Waals surface area contributed by atoms with Crippen LogP contribution in [-0.2, 0) is 11.3 Å². The van der Waals surface area contributed by atoms with Crippen LogP contribution >= 0.6 is 0 Å². The smallest absolute Gasteiger partial charge is 0.315 e. The molecule has 0 bridgehead atoms. The molecule has 1 saturated carbocycles. The molecule has 0 saturated heterocycles. The van der Waals surface area contributed by atoms with Crippen molar-refractivity contribution in [2.75, 3.05) is 19.7 Å². The Bertz CT molecular complexity index is 536. The molecule has 0 heterocycles. The third kappa shape index (κ3) is 5.53. The predicted octanol–water partition coefficient (Wildman–Crippen LogP) is 1.50. The summed E-state index contributed by atoms with van der Waals surface area (Å²) in [5.74, 6) is 0.176. The minimum Gasteiger partial charge on any atom is -0.396 e. The van der Waals surface area contributed by atoms with Gasteiger partial charge in [-0.2, -0.15) is 0 Å². The van der Waals surface area contributed by atoms with Crippen LogP contribution in [0.1, 0.15) is 31.7 Å². The monoisotopic (exact) mass is 333 g/mol. The predicted molar refractivity (Wildman–Crippen MR) is 92.3 cm³/mol. The number of carbonyl (C=O) groups is 2. The molecule has 3 N–H and O–H groups in total. The van der Waals surface area contributed by atoms with E-state index in [4.69, 9.17) is 5.11 Å². The first-order valence-corrected chi connectivity index (χ1v) is 8.59. The molecule has 1 aromatic rings. The summed E-state index contributed by atoms with van der Waals surface area (Å²) in [6.45, 7) is 3.22. The largest absolute Gasteiger partial charge is 0.396 e. The second kappa shape index (κ2) is 9.27. The molecule has 6 heteroatoms. The van der Waals surface area contributed by atoms with Gasteiger partial charge in [-0.1, -0.05) is 30.3 Å². The highest BCUT2D eigenvalue weighted by Crippen LogP contribution is 2.24. The van der Waals surface area contributed by atoms with Crippen molar-refractivity contribution >= 4 is 11.9 Å². The number of rotatable bonds is 7. The van der Waals surface area contributed by atoms with Gasteiger partial charge in [-0.05, 0) is 37.7 Å². The first-order chi connectivity index (χ1) is 11.6. The van der Waals surface area contributed by atoms with E-state index in [9.17, 15) is 9.59 Å². The summed E-state index contributed by atoms with van der Waals surface area (Å²) in [6.07, 6.45) is 2.61. The van der Waals surface area contributed by atoms with Crippen molar-refractivity contribution in [2.24, 2.45) is 5.92 Å². The molecule has 1 aliphatic carbocycles. The fraction of sp³-hybridized carbons (Fsp3) is 0.556. The summed E-state index contributed by atoms with van der Waals surface area (Å²) in [5, 5.41) is 14.6. The van der Waals surface area contributed by atoms with Gasteiger partial charge in [0, 0.05) is 25.7 Å². The molecule has 0 spiro atoms. The van der Waals surface area contributed by atoms with Crippen LogP contribution in [0.15, 0.2) is 30.3 Å². The van der Waals surface area contributed by atoms with Gasteiger partial charge in [0.25, 0.3) is 0 Å². The number of likely N-dealkylation sites (N-methyl/N-ethyl adjacent to an activating group) is 1. The zero-order valence-corrected chi connectivity index (χ0v) is 14.2. The second-order valence-corrected chi connectivity index (χ2v) is 6.28. The average molecular weight is 333 g/mol. The fourth-order valence-corrected chi connectivity index (χ4v) is 3.06. The number of urea groups is 1. The van der Waals surface area contributed by atoms with Crippen molar-refractivity contribution in [2.45, 2.75) is 38.8 Å². The molecule has 1 aromatic carbocycles. The van der Waals surface area contributed by atoms with E-state index in [1.54, 1.807) is 4.90 Å². The number of carbonyl (C=O) groups excluding carboxylic acids is 2. The van der Waals surface area contributed by atoms with Gasteiger partial charge < -0.3 is 20.6 Å². The minimum atomic E-state index is -0.317. The van der Waals surface area contributed by atoms with E-state index in [0.717, 1.165) is 24.8 Å². The molecule has 132 valence electrons. The lowest BCUT2D eigenvalue weighted by atomic mass is 10.1. The maximum Gasteiger partial charge on any atom is 0.315 e. The van der Waals surface area contributed by atoms with Gasteiger partial charge in [-0.3, -0.25) is 4.79 Å². The van der Waals surface area contributed by atoms with Crippen molar-refractivity contribution in [1.29, 1.82) is 0 Å². The lowest BCUT2D eigenvalue weighted by Crippen LogP contribution is -2.46. The normalized spacial score (nSPS) is 19.8. The van der Waals surface area contributed by atoms with Crippen LogP contribution in [-0.4, -0.2) is 47.7 Å². The lowest BCUT2D eigenvalue weighted by molar-refractivity contribution is -0.130. The summed E-state index contributed by atoms with van der Waals surface area (Å²) in [5.41, 5.74) is 1.07. The van der Waals surface area contributed by atoms with Crippen LogP contribution in [0.25, 0.3) is 0 Å². The molecule has 0 aliphatic heterocycles. The van der Waals surface area contributed by atoms with Crippen molar-refractivity contribution < 1.29 is 14.7 Å². The quantitative estimate of drug-likeness (QED) is 0.707. The summed E-state index contributed by atoms with van der Waals surface area (Å²) in [7, 11) is 0. The van der Waals surface area contributed by atoms with E-state index in [2.05, 4.69) is 10.6 Å². The van der Waals surface area contributed by atoms with Crippen molar-refractivity contribution in [3.63, 3.8) is 0 Å². The van der Waals surface area contributed by atoms with E-state index in [0.29, 0.717) is 13.1 Å². The van der Waals surface area contributed by atoms with E-state index < -0.39 is 0 Å². The fourth-order valence-electron chi connectivity index (χ4n) is 3.06. The highest BCUT2D eigenvalue weighted by atomic mass is 16.3. The molecule has 1 fully saturated rings. The molecule has 2 atom stereocenters. The Morgan fingerprint density at radius 2 is 2.00 bits per heavy atom. The van der Waals surface area contributed by atoms with E-state index in [1.165, 1.54) is 0 Å². The maximum absolute atomic E-state index is 12.3. The van der Waals surface area contributed by atoms with Crippen molar-refractivity contribution in [1.82, 2.24) is 15.5 Å². The van der Waals surface area contributed by atoms with Gasteiger partial charge >= 0.3 is 6.03 Å². The van der Waals surface area contributed by atoms with Gasteiger partial charge in [0.1, 0.15) is 0 Å². The van der Waals surface area contributed by atoms with Crippen LogP contribution in [0.5, 0.6) is 0 Å². The zero-order valence-electron chi connectivity index (χ0n) is 14.2. The van der Waals surface area contributed by atoms with Crippen LogP contribution in [0.4, 0.5) is 4.79 Å². The van der Waals surface area contributed by atoms with Gasteiger partial charge in [-0.15, -0.1) is 0 Å². The standard InChI is InChI=1S/C18H27N3O3/c1-2-21(12-14-6-4-3-5-7-14)17(23)11-19-18(24)20-16-9-8-15(10-16)13-22/h3-7,15-16,22H,2,8-13H2,1H3,(H2,19,20,24)/t15-,16+/m1/s1. The van der Waals surface area contributed by atoms with Crippen molar-refractivity contribution in [3.05, 3.63) is 35.9 Å². The second-order valence-electron chi connectivity index (χ2n) is 6.28. The van der Waals surface area contributed by atoms with Gasteiger partial charge in [-0.25, -0.2) is 4.79 Å². The van der Waals surface area contributed by atoms with E-state index in [-0.39, 0.29) is 37.0 Å². The Kier molecular flexibility index (Phi) is 7.06. The number of hydrogen-bond acceptors (Lipinski definition) is 3. The molecular formula is C18H27N3O3. The number of nitrogens with zero attached hydrogens (tertiary/aromatic N) is 1. The minimum absolute atomic E-state index is 0.0113. The Balaban J connectivity index is 1.73. The SMILES string of the molecule is CCN(Cc1ccccc1)C(=O)CNC(=O)N[C@H]1CC[C@@H](CO)C1. The third-order valence-electron chi connectivity index (χ3n) is 4.49. The van der Waals surface area contributed by atoms with Crippen LogP contribution < -0.4 is 10.6 Å². The number of aliphatic hydroxyl groups excluding tert-OH is 1. The molecule has 0 aromatic heterocycles. The number of nitrogens with one attached hydrogen (secondary N) is 2. The van der Waals surface area contributed by atoms with E-state index >= 15 is 0 Å². The summed E-state index contributed by atoms with van der Waals surface area (Å²) in [6, 6.07) is 9.56. The molecule has 1 aliphatic rings. The Labute approximate surface area is 143 Å². The molecule has 3 amide bonds. The number of hydrogen-bond donors (Lipinski definition) is 3. The highest BCUT2D eigenvalue weighted by Gasteiger charge is 2.25. The Morgan fingerprint density at radius 1 is 1.25 bits per heavy atom. The van der Waals surface area contributed by atoms with Crippen molar-refractivity contribution in [3.8, 4) is 0 Å². The maximum atomic E-state index is 12.3. The molecule has 2 rings (SSSR count). The molecule has 0 unspecified atom stereocenters. The summed E-state index contributed by atoms with van der Waals surface area (Å²) >= 11 is 0. The lowest BCUT2D eigenvalue weighted by Gasteiger charge is -2.21. The van der Waals surface area contributed by atoms with Gasteiger partial charge in [0.15, 0.2) is 0 Å². The number of benzene rings is 1. The van der Waals surface area contributed by atoms with E-state index in [1.807, 2.05) is 37.3 Å². The number of aliphatic hydroxyl groups is 1. The molecular weight excluding hydrogens is 306 g/mol.